The van der Waals surface area contributed by atoms with E-state index >= 15 is 0 Å². The summed E-state index contributed by atoms with van der Waals surface area (Å²) in [7, 11) is -3.72. The van der Waals surface area contributed by atoms with Crippen LogP contribution in [0.15, 0.2) is 72.8 Å². The molecule has 9 heteroatoms. The smallest absolute Gasteiger partial charge is 0.304 e. The molecule has 0 amide bonds. The number of aliphatic carboxylic acids is 1. The number of para-hydroxylation sites is 2. The van der Waals surface area contributed by atoms with Crippen LogP contribution >= 0.6 is 12.4 Å². The highest BCUT2D eigenvalue weighted by Crippen LogP contribution is 2.33. The summed E-state index contributed by atoms with van der Waals surface area (Å²) in [5.41, 5.74) is 3.83. The number of benzene rings is 3. The molecule has 0 radical (unpaired) electrons. The van der Waals surface area contributed by atoms with Gasteiger partial charge >= 0.3 is 5.97 Å². The second-order valence-electron chi connectivity index (χ2n) is 6.79. The van der Waals surface area contributed by atoms with Crippen molar-refractivity contribution >= 4 is 67.3 Å². The summed E-state index contributed by atoms with van der Waals surface area (Å²) in [6.07, 6.45) is -0.447. The number of rotatable bonds is 7. The zero-order valence-electron chi connectivity index (χ0n) is 16.3. The van der Waals surface area contributed by atoms with Crippen molar-refractivity contribution in [2.45, 2.75) is 6.42 Å². The Bertz CT molecular complexity index is 1290. The van der Waals surface area contributed by atoms with Crippen LogP contribution in [0, 0.1) is 0 Å². The van der Waals surface area contributed by atoms with Gasteiger partial charge in [0.25, 0.3) is 0 Å². The van der Waals surface area contributed by atoms with Crippen molar-refractivity contribution < 1.29 is 18.3 Å². The van der Waals surface area contributed by atoms with Crippen LogP contribution in [0.4, 0.5) is 17.1 Å². The third-order valence-electron chi connectivity index (χ3n) is 4.60. The molecule has 160 valence electrons. The quantitative estimate of drug-likeness (QED) is 0.345. The molecule has 0 bridgehead atoms. The predicted molar refractivity (Wildman–Crippen MR) is 126 cm³/mol. The summed E-state index contributed by atoms with van der Waals surface area (Å²) in [5, 5.41) is 14.1. The fraction of sp³-hybridized carbons (Fsp3) is 0.0909. The number of aromatic nitrogens is 1. The number of halogens is 1. The Morgan fingerprint density at radius 1 is 0.839 bits per heavy atom. The SMILES string of the molecule is Cl.O=C(O)CCS(=O)(=O)Nc1ccc(Nc2c3ccccc3nc3ccccc23)cc1. The van der Waals surface area contributed by atoms with Crippen LogP contribution < -0.4 is 10.0 Å². The maximum Gasteiger partial charge on any atom is 0.304 e. The predicted octanol–water partition coefficient (Wildman–Crippen LogP) is 4.77. The molecule has 0 spiro atoms. The first-order valence-electron chi connectivity index (χ1n) is 9.28. The van der Waals surface area contributed by atoms with Crippen molar-refractivity contribution in [3.8, 4) is 0 Å². The molecule has 0 aliphatic heterocycles. The molecule has 0 saturated heterocycles. The number of carbonyl (C=O) groups is 1. The van der Waals surface area contributed by atoms with Crippen molar-refractivity contribution in [3.63, 3.8) is 0 Å². The Labute approximate surface area is 185 Å². The Hall–Kier alpha value is -3.36. The molecule has 0 atom stereocenters. The Balaban J connectivity index is 0.00000272. The summed E-state index contributed by atoms with van der Waals surface area (Å²) in [5.74, 6) is -1.63. The molecule has 3 N–H and O–H groups in total. The first-order chi connectivity index (χ1) is 14.4. The third kappa shape index (κ3) is 5.22. The molecule has 0 unspecified atom stereocenters. The van der Waals surface area contributed by atoms with Gasteiger partial charge in [-0.1, -0.05) is 36.4 Å². The topological polar surface area (TPSA) is 108 Å². The van der Waals surface area contributed by atoms with Crippen LogP contribution in [0.25, 0.3) is 21.8 Å². The van der Waals surface area contributed by atoms with E-state index in [2.05, 4.69) is 10.0 Å². The molecule has 7 nitrogen and oxygen atoms in total. The number of nitrogens with zero attached hydrogens (tertiary/aromatic N) is 1. The fourth-order valence-electron chi connectivity index (χ4n) is 3.19. The Morgan fingerprint density at radius 2 is 1.35 bits per heavy atom. The molecule has 1 aromatic heterocycles. The third-order valence-corrected chi connectivity index (χ3v) is 5.89. The van der Waals surface area contributed by atoms with Gasteiger partial charge in [0.2, 0.25) is 10.0 Å². The highest BCUT2D eigenvalue weighted by atomic mass is 35.5. The minimum atomic E-state index is -3.72. The van der Waals surface area contributed by atoms with E-state index in [1.165, 1.54) is 0 Å². The summed E-state index contributed by atoms with van der Waals surface area (Å²) >= 11 is 0. The largest absolute Gasteiger partial charge is 0.481 e. The molecule has 0 saturated carbocycles. The number of pyridine rings is 1. The first kappa shape index (κ1) is 22.3. The van der Waals surface area contributed by atoms with E-state index < -0.39 is 28.2 Å². The van der Waals surface area contributed by atoms with E-state index in [1.54, 1.807) is 24.3 Å². The van der Waals surface area contributed by atoms with Gasteiger partial charge < -0.3 is 10.4 Å². The summed E-state index contributed by atoms with van der Waals surface area (Å²) in [6, 6.07) is 22.5. The summed E-state index contributed by atoms with van der Waals surface area (Å²) < 4.78 is 26.3. The Morgan fingerprint density at radius 3 is 1.90 bits per heavy atom. The molecular formula is C22H20ClN3O4S. The maximum atomic E-state index is 12.0. The van der Waals surface area contributed by atoms with Crippen LogP contribution in [-0.2, 0) is 14.8 Å². The molecule has 1 heterocycles. The molecule has 3 aromatic carbocycles. The van der Waals surface area contributed by atoms with Gasteiger partial charge in [0, 0.05) is 22.1 Å². The van der Waals surface area contributed by atoms with Crippen molar-refractivity contribution in [2.75, 3.05) is 15.8 Å². The molecule has 0 fully saturated rings. The van der Waals surface area contributed by atoms with Crippen LogP contribution in [0.3, 0.4) is 0 Å². The van der Waals surface area contributed by atoms with Gasteiger partial charge in [-0.3, -0.25) is 9.52 Å². The van der Waals surface area contributed by atoms with Crippen molar-refractivity contribution in [2.24, 2.45) is 0 Å². The Kier molecular flexibility index (Phi) is 6.62. The average Bonchev–Trinajstić information content (AvgIpc) is 2.73. The number of hydrogen-bond acceptors (Lipinski definition) is 5. The van der Waals surface area contributed by atoms with E-state index in [4.69, 9.17) is 10.1 Å². The van der Waals surface area contributed by atoms with Crippen LogP contribution in [-0.4, -0.2) is 30.2 Å². The number of sulfonamides is 1. The number of anilines is 3. The average molecular weight is 458 g/mol. The molecule has 0 aliphatic carbocycles. The summed E-state index contributed by atoms with van der Waals surface area (Å²) in [6.45, 7) is 0. The van der Waals surface area contributed by atoms with Gasteiger partial charge in [-0.2, -0.15) is 0 Å². The highest BCUT2D eigenvalue weighted by molar-refractivity contribution is 7.92. The number of carboxylic acids is 1. The first-order valence-corrected chi connectivity index (χ1v) is 10.9. The highest BCUT2D eigenvalue weighted by Gasteiger charge is 2.13. The van der Waals surface area contributed by atoms with Gasteiger partial charge in [-0.25, -0.2) is 13.4 Å². The van der Waals surface area contributed by atoms with E-state index in [-0.39, 0.29) is 12.4 Å². The van der Waals surface area contributed by atoms with Gasteiger partial charge in [-0.15, -0.1) is 12.4 Å². The van der Waals surface area contributed by atoms with E-state index in [1.807, 2.05) is 48.5 Å². The number of nitrogens with one attached hydrogen (secondary N) is 2. The van der Waals surface area contributed by atoms with Gasteiger partial charge in [0.1, 0.15) is 0 Å². The van der Waals surface area contributed by atoms with Crippen molar-refractivity contribution in [1.82, 2.24) is 4.98 Å². The van der Waals surface area contributed by atoms with Crippen LogP contribution in [0.1, 0.15) is 6.42 Å². The zero-order valence-corrected chi connectivity index (χ0v) is 17.9. The van der Waals surface area contributed by atoms with Gasteiger partial charge in [0.05, 0.1) is 28.9 Å². The van der Waals surface area contributed by atoms with Crippen molar-refractivity contribution in [3.05, 3.63) is 72.8 Å². The van der Waals surface area contributed by atoms with Crippen molar-refractivity contribution in [1.29, 1.82) is 0 Å². The second-order valence-corrected chi connectivity index (χ2v) is 8.63. The van der Waals surface area contributed by atoms with E-state index in [0.717, 1.165) is 33.2 Å². The lowest BCUT2D eigenvalue weighted by Gasteiger charge is -2.14. The molecule has 4 aromatic rings. The normalized spacial score (nSPS) is 11.1. The summed E-state index contributed by atoms with van der Waals surface area (Å²) in [4.78, 5) is 15.3. The fourth-order valence-corrected chi connectivity index (χ4v) is 4.23. The number of hydrogen-bond donors (Lipinski definition) is 3. The second kappa shape index (κ2) is 9.20. The molecular weight excluding hydrogens is 438 g/mol. The minimum absolute atomic E-state index is 0. The standard InChI is InChI=1S/C22H19N3O4S.ClH/c26-21(27)13-14-30(28,29)25-16-11-9-15(10-12-16)23-22-17-5-1-3-7-19(17)24-20-8-4-2-6-18(20)22;/h1-12,25H,13-14H2,(H,23,24)(H,26,27);1H. The molecule has 31 heavy (non-hydrogen) atoms. The lowest BCUT2D eigenvalue weighted by Crippen LogP contribution is -2.18. The van der Waals surface area contributed by atoms with E-state index in [9.17, 15) is 13.2 Å². The van der Waals surface area contributed by atoms with Gasteiger partial charge in [-0.05, 0) is 36.4 Å². The molecule has 4 rings (SSSR count). The van der Waals surface area contributed by atoms with Gasteiger partial charge in [0.15, 0.2) is 0 Å². The number of fused-ring (bicyclic) bond motifs is 2. The van der Waals surface area contributed by atoms with Crippen LogP contribution in [0.2, 0.25) is 0 Å². The van der Waals surface area contributed by atoms with Crippen LogP contribution in [0.5, 0.6) is 0 Å². The zero-order chi connectivity index (χ0) is 21.1. The maximum absolute atomic E-state index is 12.0. The lowest BCUT2D eigenvalue weighted by atomic mass is 10.1. The molecule has 0 aliphatic rings. The minimum Gasteiger partial charge on any atom is -0.481 e. The number of carboxylic acid groups (broad SMARTS) is 1. The van der Waals surface area contributed by atoms with E-state index in [0.29, 0.717) is 5.69 Å². The monoisotopic (exact) mass is 457 g/mol. The lowest BCUT2D eigenvalue weighted by molar-refractivity contribution is -0.136.